The third kappa shape index (κ3) is 3.96. The van der Waals surface area contributed by atoms with Crippen molar-refractivity contribution >= 4 is 57.9 Å². The van der Waals surface area contributed by atoms with Crippen LogP contribution in [0.2, 0.25) is 10.0 Å². The molecule has 1 fully saturated rings. The van der Waals surface area contributed by atoms with Crippen LogP contribution in [0.4, 0.5) is 15.9 Å². The highest BCUT2D eigenvalue weighted by molar-refractivity contribution is 6.42. The highest BCUT2D eigenvalue weighted by Crippen LogP contribution is 2.45. The van der Waals surface area contributed by atoms with Gasteiger partial charge in [0, 0.05) is 12.6 Å². The summed E-state index contributed by atoms with van der Waals surface area (Å²) in [6, 6.07) is 4.41. The molecule has 0 saturated carbocycles. The van der Waals surface area contributed by atoms with E-state index in [1.165, 1.54) is 31.7 Å². The zero-order valence-corrected chi connectivity index (χ0v) is 20.6. The molecule has 36 heavy (non-hydrogen) atoms. The van der Waals surface area contributed by atoms with Crippen molar-refractivity contribution in [3.8, 4) is 17.2 Å². The van der Waals surface area contributed by atoms with E-state index in [4.69, 9.17) is 32.7 Å². The first kappa shape index (κ1) is 24.1. The van der Waals surface area contributed by atoms with Crippen molar-refractivity contribution in [1.82, 2.24) is 14.5 Å². The standard InChI is InChI=1S/C24H20Cl2FN5O4/c1-3-17(33)31-8-4-5-12(10-31)36-22-16(35-2)9-14-18-21(22)30-24(34)32(23(18)29-11-28-14)15-7-6-13(25)19(26)20(15)27/h3,6-7,9,11-12H,1,4-5,8,10H2,2H3,(H,28,29)/t12-/m1/s1. The topological polar surface area (TPSA) is 98.0 Å². The van der Waals surface area contributed by atoms with Crippen molar-refractivity contribution < 1.29 is 18.7 Å². The smallest absolute Gasteiger partial charge is 0.354 e. The number of halogens is 3. The lowest BCUT2D eigenvalue weighted by molar-refractivity contribution is -0.128. The lowest BCUT2D eigenvalue weighted by Crippen LogP contribution is -2.43. The molecule has 9 nitrogen and oxygen atoms in total. The molecule has 1 amide bonds. The number of methoxy groups -OCH3 is 1. The van der Waals surface area contributed by atoms with Crippen LogP contribution >= 0.6 is 23.2 Å². The van der Waals surface area contributed by atoms with Gasteiger partial charge in [0.05, 0.1) is 46.8 Å². The average molecular weight is 532 g/mol. The maximum atomic E-state index is 15.0. The lowest BCUT2D eigenvalue weighted by atomic mass is 10.1. The fourth-order valence-electron chi connectivity index (χ4n) is 4.41. The summed E-state index contributed by atoms with van der Waals surface area (Å²) in [5.41, 5.74) is -0.219. The van der Waals surface area contributed by atoms with Gasteiger partial charge in [-0.3, -0.25) is 4.79 Å². The second-order valence-electron chi connectivity index (χ2n) is 8.20. The van der Waals surface area contributed by atoms with Gasteiger partial charge >= 0.3 is 5.69 Å². The Morgan fingerprint density at radius 1 is 1.36 bits per heavy atom. The first-order valence-corrected chi connectivity index (χ1v) is 11.8. The molecule has 3 heterocycles. The lowest BCUT2D eigenvalue weighted by Gasteiger charge is -2.33. The molecule has 1 aromatic heterocycles. The van der Waals surface area contributed by atoms with Crippen LogP contribution in [0, 0.1) is 5.82 Å². The number of hydrogen-bond donors (Lipinski definition) is 1. The molecule has 0 radical (unpaired) electrons. The Morgan fingerprint density at radius 2 is 2.17 bits per heavy atom. The number of hydrogen-bond acceptors (Lipinski definition) is 7. The Balaban J connectivity index is 1.69. The summed E-state index contributed by atoms with van der Waals surface area (Å²) in [6.45, 7) is 4.48. The van der Waals surface area contributed by atoms with Crippen LogP contribution in [0.5, 0.6) is 11.5 Å². The van der Waals surface area contributed by atoms with Crippen molar-refractivity contribution in [2.45, 2.75) is 18.9 Å². The molecule has 0 spiro atoms. The number of likely N-dealkylation sites (tertiary alicyclic amines) is 1. The number of nitrogens with one attached hydrogen (secondary N) is 1. The Hall–Kier alpha value is -3.63. The maximum Gasteiger partial charge on any atom is 0.354 e. The number of aromatic nitrogens is 2. The quantitative estimate of drug-likeness (QED) is 0.385. The van der Waals surface area contributed by atoms with E-state index in [1.807, 2.05) is 0 Å². The van der Waals surface area contributed by atoms with Crippen LogP contribution in [0.3, 0.4) is 0 Å². The Kier molecular flexibility index (Phi) is 6.31. The van der Waals surface area contributed by atoms with Gasteiger partial charge in [-0.05, 0) is 31.1 Å². The summed E-state index contributed by atoms with van der Waals surface area (Å²) in [5, 5.41) is 3.12. The Labute approximate surface area is 214 Å². The molecular formula is C24H20Cl2FN5O4. The zero-order valence-electron chi connectivity index (χ0n) is 19.1. The third-order valence-electron chi connectivity index (χ3n) is 6.09. The molecule has 3 aromatic rings. The van der Waals surface area contributed by atoms with Crippen LogP contribution in [0.15, 0.2) is 40.6 Å². The molecule has 1 saturated heterocycles. The normalized spacial score (nSPS) is 16.6. The highest BCUT2D eigenvalue weighted by Gasteiger charge is 2.29. The number of carbonyl (C=O) groups is 1. The summed E-state index contributed by atoms with van der Waals surface area (Å²) in [6.07, 6.45) is 3.69. The molecule has 2 aliphatic rings. The van der Waals surface area contributed by atoms with E-state index in [0.29, 0.717) is 36.3 Å². The monoisotopic (exact) mass is 531 g/mol. The number of ether oxygens (including phenoxy) is 2. The second kappa shape index (κ2) is 9.44. The van der Waals surface area contributed by atoms with Crippen molar-refractivity contribution in [3.63, 3.8) is 0 Å². The number of rotatable bonds is 5. The van der Waals surface area contributed by atoms with Crippen molar-refractivity contribution in [2.24, 2.45) is 4.99 Å². The Bertz CT molecular complexity index is 1510. The summed E-state index contributed by atoms with van der Waals surface area (Å²) < 4.78 is 27.9. The largest absolute Gasteiger partial charge is 0.493 e. The number of nitrogens with zero attached hydrogens (tertiary/aromatic N) is 4. The molecule has 1 atom stereocenters. The first-order valence-electron chi connectivity index (χ1n) is 11.0. The molecule has 0 bridgehead atoms. The van der Waals surface area contributed by atoms with Gasteiger partial charge < -0.3 is 19.7 Å². The molecule has 0 unspecified atom stereocenters. The third-order valence-corrected chi connectivity index (χ3v) is 6.87. The SMILES string of the molecule is C=CC(=O)N1CCC[C@@H](Oc2c(OC)cc3c4c(n(-c5ccc(Cl)c(Cl)c5F)c(=O)nc24)N=CN3)C1. The summed E-state index contributed by atoms with van der Waals surface area (Å²) in [7, 11) is 1.47. The number of anilines is 1. The minimum atomic E-state index is -0.877. The molecule has 5 rings (SSSR count). The van der Waals surface area contributed by atoms with Crippen LogP contribution in [-0.4, -0.2) is 53.0 Å². The van der Waals surface area contributed by atoms with E-state index in [9.17, 15) is 9.59 Å². The van der Waals surface area contributed by atoms with E-state index in [-0.39, 0.29) is 44.8 Å². The summed E-state index contributed by atoms with van der Waals surface area (Å²) >= 11 is 11.9. The predicted molar refractivity (Wildman–Crippen MR) is 136 cm³/mol. The summed E-state index contributed by atoms with van der Waals surface area (Å²) in [5.74, 6) is -0.360. The maximum absolute atomic E-state index is 15.0. The highest BCUT2D eigenvalue weighted by atomic mass is 35.5. The van der Waals surface area contributed by atoms with E-state index in [2.05, 4.69) is 21.9 Å². The molecule has 2 aromatic carbocycles. The van der Waals surface area contributed by atoms with Gasteiger partial charge in [-0.1, -0.05) is 29.8 Å². The van der Waals surface area contributed by atoms with Crippen LogP contribution in [0.25, 0.3) is 16.6 Å². The van der Waals surface area contributed by atoms with Gasteiger partial charge in [-0.25, -0.2) is 18.7 Å². The number of aliphatic imine (C=N–C) groups is 1. The minimum Gasteiger partial charge on any atom is -0.493 e. The molecule has 0 aliphatic carbocycles. The van der Waals surface area contributed by atoms with E-state index < -0.39 is 11.5 Å². The number of benzene rings is 2. The molecular weight excluding hydrogens is 512 g/mol. The number of piperidine rings is 1. The van der Waals surface area contributed by atoms with Gasteiger partial charge in [-0.15, -0.1) is 0 Å². The van der Waals surface area contributed by atoms with Gasteiger partial charge in [0.1, 0.15) is 11.6 Å². The second-order valence-corrected chi connectivity index (χ2v) is 8.99. The van der Waals surface area contributed by atoms with Crippen molar-refractivity contribution in [1.29, 1.82) is 0 Å². The van der Waals surface area contributed by atoms with Crippen LogP contribution in [0.1, 0.15) is 12.8 Å². The molecule has 1 N–H and O–H groups in total. The van der Waals surface area contributed by atoms with Gasteiger partial charge in [0.2, 0.25) is 5.91 Å². The van der Waals surface area contributed by atoms with E-state index in [1.54, 1.807) is 11.0 Å². The average Bonchev–Trinajstić information content (AvgIpc) is 2.89. The number of carbonyl (C=O) groups excluding carboxylic acids is 1. The molecule has 2 aliphatic heterocycles. The fourth-order valence-corrected chi connectivity index (χ4v) is 4.71. The Morgan fingerprint density at radius 3 is 2.92 bits per heavy atom. The van der Waals surface area contributed by atoms with Gasteiger partial charge in [0.25, 0.3) is 0 Å². The number of amides is 1. The van der Waals surface area contributed by atoms with Crippen molar-refractivity contribution in [3.05, 3.63) is 57.2 Å². The zero-order chi connectivity index (χ0) is 25.6. The predicted octanol–water partition coefficient (Wildman–Crippen LogP) is 4.48. The van der Waals surface area contributed by atoms with E-state index >= 15 is 4.39 Å². The van der Waals surface area contributed by atoms with Gasteiger partial charge in [0.15, 0.2) is 23.1 Å². The molecule has 186 valence electrons. The molecule has 12 heteroatoms. The fraction of sp³-hybridized carbons (Fsp3) is 0.250. The first-order chi connectivity index (χ1) is 17.3. The van der Waals surface area contributed by atoms with Crippen molar-refractivity contribution in [2.75, 3.05) is 25.5 Å². The van der Waals surface area contributed by atoms with Crippen LogP contribution in [-0.2, 0) is 4.79 Å². The van der Waals surface area contributed by atoms with E-state index in [0.717, 1.165) is 11.0 Å². The summed E-state index contributed by atoms with van der Waals surface area (Å²) in [4.78, 5) is 35.6. The minimum absolute atomic E-state index is 0.0103. The van der Waals surface area contributed by atoms with Gasteiger partial charge in [-0.2, -0.15) is 4.98 Å². The van der Waals surface area contributed by atoms with Crippen LogP contribution < -0.4 is 20.5 Å².